The summed E-state index contributed by atoms with van der Waals surface area (Å²) in [6.45, 7) is 4.14. The fraction of sp³-hybridized carbons (Fsp3) is 0.304. The summed E-state index contributed by atoms with van der Waals surface area (Å²) < 4.78 is 13.6. The van der Waals surface area contributed by atoms with Gasteiger partial charge in [0.1, 0.15) is 0 Å². The molecule has 1 aromatic heterocycles. The van der Waals surface area contributed by atoms with Gasteiger partial charge in [-0.25, -0.2) is 4.90 Å². The van der Waals surface area contributed by atoms with Gasteiger partial charge in [-0.15, -0.1) is 0 Å². The van der Waals surface area contributed by atoms with Gasteiger partial charge in [-0.1, -0.05) is 30.8 Å². The average Bonchev–Trinajstić information content (AvgIpc) is 2.82. The molecule has 1 amide bonds. The van der Waals surface area contributed by atoms with Crippen molar-refractivity contribution in [2.75, 3.05) is 24.9 Å². The highest BCUT2D eigenvalue weighted by Gasteiger charge is 2.45. The maximum atomic E-state index is 13.3. The maximum Gasteiger partial charge on any atom is 0.325 e. The van der Waals surface area contributed by atoms with Gasteiger partial charge in [-0.3, -0.25) is 14.6 Å². The van der Waals surface area contributed by atoms with Crippen molar-refractivity contribution >= 4 is 39.3 Å². The Balaban J connectivity index is 2.08. The number of hydrogen-bond acceptors (Lipinski definition) is 6. The van der Waals surface area contributed by atoms with Gasteiger partial charge in [-0.05, 0) is 58.1 Å². The van der Waals surface area contributed by atoms with Crippen LogP contribution >= 0.6 is 27.7 Å². The van der Waals surface area contributed by atoms with Gasteiger partial charge < -0.3 is 9.47 Å². The van der Waals surface area contributed by atoms with Crippen LogP contribution in [0.25, 0.3) is 11.3 Å². The first kappa shape index (κ1) is 23.3. The Morgan fingerprint density at radius 3 is 2.73 bits per heavy atom. The van der Waals surface area contributed by atoms with Crippen LogP contribution in [0, 0.1) is 0 Å². The minimum absolute atomic E-state index is 0.0942. The van der Waals surface area contributed by atoms with Crippen LogP contribution < -0.4 is 24.6 Å². The lowest BCUT2D eigenvalue weighted by atomic mass is 10.0. The second-order valence-corrected chi connectivity index (χ2v) is 8.88. The number of para-hydroxylation sites is 1. The van der Waals surface area contributed by atoms with Gasteiger partial charge in [0, 0.05) is 11.5 Å². The number of rotatable bonds is 6. The molecule has 4 rings (SSSR count). The lowest BCUT2D eigenvalue weighted by molar-refractivity contribution is -0.763. The fourth-order valence-electron chi connectivity index (χ4n) is 4.00. The molecule has 1 unspecified atom stereocenters. The van der Waals surface area contributed by atoms with Crippen molar-refractivity contribution in [3.8, 4) is 22.8 Å². The van der Waals surface area contributed by atoms with Crippen LogP contribution in [-0.2, 0) is 4.79 Å². The van der Waals surface area contributed by atoms with Gasteiger partial charge in [-0.2, -0.15) is 0 Å². The molecule has 1 N–H and O–H groups in total. The second kappa shape index (κ2) is 9.56. The zero-order valence-corrected chi connectivity index (χ0v) is 21.1. The first-order chi connectivity index (χ1) is 15.9. The number of carbonyl (C=O) groups is 1. The molecule has 1 aliphatic heterocycles. The summed E-state index contributed by atoms with van der Waals surface area (Å²) >= 11 is 4.90. The zero-order chi connectivity index (χ0) is 23.7. The average molecular weight is 532 g/mol. The van der Waals surface area contributed by atoms with Crippen LogP contribution in [0.1, 0.15) is 32.0 Å². The normalized spacial score (nSPS) is 14.5. The Morgan fingerprint density at radius 1 is 1.30 bits per heavy atom. The maximum absolute atomic E-state index is 13.3. The molecule has 0 fully saturated rings. The van der Waals surface area contributed by atoms with Crippen molar-refractivity contribution < 1.29 is 19.0 Å². The summed E-state index contributed by atoms with van der Waals surface area (Å²) in [5.74, 6) is 0.992. The van der Waals surface area contributed by atoms with Crippen LogP contribution in [0.4, 0.5) is 5.69 Å². The highest BCUT2D eigenvalue weighted by atomic mass is 79.9. The first-order valence-corrected chi connectivity index (χ1v) is 12.5. The van der Waals surface area contributed by atoms with Gasteiger partial charge >= 0.3 is 11.3 Å². The summed E-state index contributed by atoms with van der Waals surface area (Å²) in [7, 11) is 1.57. The third kappa shape index (κ3) is 4.02. The van der Waals surface area contributed by atoms with Crippen molar-refractivity contribution in [1.29, 1.82) is 0 Å². The number of aromatic nitrogens is 3. The van der Waals surface area contributed by atoms with Gasteiger partial charge in [0.05, 0.1) is 35.0 Å². The largest absolute Gasteiger partial charge is 0.492 e. The molecule has 0 saturated heterocycles. The molecular weight excluding hydrogens is 508 g/mol. The van der Waals surface area contributed by atoms with E-state index in [4.69, 9.17) is 14.6 Å². The molecule has 1 aliphatic rings. The zero-order valence-electron chi connectivity index (χ0n) is 18.7. The van der Waals surface area contributed by atoms with E-state index in [2.05, 4.69) is 20.9 Å². The number of carbonyl (C=O) groups excluding carboxylic acids is 1. The van der Waals surface area contributed by atoms with Crippen LogP contribution in [0.2, 0.25) is 0 Å². The standard InChI is InChI=1S/C23H23BrN4O4S/c1-5-18(29)27-16-10-8-7-9-14(16)19-21(30)25-23(33-4)26-28(19)22(27)13-11-15(24)20(31-3)17(12-13)32-6-2/h7-12,22H,5-6H2,1-4H3/p+1. The van der Waals surface area contributed by atoms with Crippen molar-refractivity contribution in [2.24, 2.45) is 0 Å². The Labute approximate surface area is 204 Å². The number of ether oxygens (including phenoxy) is 2. The molecular formula is C23H24BrN4O4S+. The van der Waals surface area contributed by atoms with E-state index in [0.29, 0.717) is 44.7 Å². The van der Waals surface area contributed by atoms with E-state index >= 15 is 0 Å². The van der Waals surface area contributed by atoms with E-state index in [1.807, 2.05) is 56.5 Å². The number of H-pyrrole nitrogens is 1. The van der Waals surface area contributed by atoms with E-state index in [-0.39, 0.29) is 17.9 Å². The number of methoxy groups -OCH3 is 1. The predicted molar refractivity (Wildman–Crippen MR) is 130 cm³/mol. The van der Waals surface area contributed by atoms with Crippen molar-refractivity contribution in [3.63, 3.8) is 0 Å². The number of nitrogens with zero attached hydrogens (tertiary/aromatic N) is 3. The summed E-state index contributed by atoms with van der Waals surface area (Å²) in [6, 6.07) is 11.1. The molecule has 10 heteroatoms. The monoisotopic (exact) mass is 531 g/mol. The molecule has 3 aromatic rings. The smallest absolute Gasteiger partial charge is 0.325 e. The second-order valence-electron chi connectivity index (χ2n) is 7.23. The van der Waals surface area contributed by atoms with Crippen molar-refractivity contribution in [2.45, 2.75) is 31.6 Å². The van der Waals surface area contributed by atoms with Crippen LogP contribution in [0.5, 0.6) is 11.5 Å². The molecule has 2 heterocycles. The Hall–Kier alpha value is -2.85. The Bertz CT molecular complexity index is 1280. The fourth-order valence-corrected chi connectivity index (χ4v) is 4.99. The van der Waals surface area contributed by atoms with Crippen LogP contribution in [0.15, 0.2) is 50.8 Å². The van der Waals surface area contributed by atoms with E-state index in [1.54, 1.807) is 16.7 Å². The van der Waals surface area contributed by atoms with Crippen molar-refractivity contribution in [1.82, 2.24) is 10.1 Å². The van der Waals surface area contributed by atoms with E-state index in [9.17, 15) is 9.59 Å². The lowest BCUT2D eigenvalue weighted by Gasteiger charge is -2.32. The molecule has 0 saturated carbocycles. The van der Waals surface area contributed by atoms with Crippen LogP contribution in [0.3, 0.4) is 0 Å². The summed E-state index contributed by atoms with van der Waals surface area (Å²) in [6.07, 6.45) is 1.43. The molecule has 8 nitrogen and oxygen atoms in total. The number of nitrogens with one attached hydrogen (secondary N) is 1. The predicted octanol–water partition coefficient (Wildman–Crippen LogP) is 3.92. The van der Waals surface area contributed by atoms with Crippen LogP contribution in [-0.4, -0.2) is 36.0 Å². The summed E-state index contributed by atoms with van der Waals surface area (Å²) in [5, 5.41) is 5.16. The topological polar surface area (TPSA) is 88.4 Å². The lowest BCUT2D eigenvalue weighted by Crippen LogP contribution is -2.60. The quantitative estimate of drug-likeness (QED) is 0.383. The minimum Gasteiger partial charge on any atom is -0.492 e. The number of anilines is 1. The molecule has 1 atom stereocenters. The number of aromatic amines is 1. The van der Waals surface area contributed by atoms with Gasteiger partial charge in [0.15, 0.2) is 11.5 Å². The number of benzene rings is 2. The minimum atomic E-state index is -0.697. The molecule has 2 aromatic carbocycles. The number of hydrogen-bond donors (Lipinski definition) is 1. The number of halogens is 1. The summed E-state index contributed by atoms with van der Waals surface area (Å²) in [4.78, 5) is 31.0. The summed E-state index contributed by atoms with van der Waals surface area (Å²) in [5.41, 5.74) is 2.14. The molecule has 0 radical (unpaired) electrons. The highest BCUT2D eigenvalue weighted by molar-refractivity contribution is 9.10. The third-order valence-corrected chi connectivity index (χ3v) is 6.52. The van der Waals surface area contributed by atoms with Gasteiger partial charge in [0.25, 0.3) is 6.17 Å². The number of amides is 1. The number of fused-ring (bicyclic) bond motifs is 3. The highest BCUT2D eigenvalue weighted by Crippen LogP contribution is 2.42. The number of thioether (sulfide) groups is 1. The first-order valence-electron chi connectivity index (χ1n) is 10.5. The molecule has 0 aliphatic carbocycles. The molecule has 0 spiro atoms. The van der Waals surface area contributed by atoms with E-state index in [0.717, 1.165) is 5.56 Å². The molecule has 0 bridgehead atoms. The third-order valence-electron chi connectivity index (χ3n) is 5.36. The van der Waals surface area contributed by atoms with Crippen molar-refractivity contribution in [3.05, 3.63) is 56.8 Å². The van der Waals surface area contributed by atoms with E-state index < -0.39 is 6.17 Å². The Kier molecular flexibility index (Phi) is 6.76. The molecule has 172 valence electrons. The van der Waals surface area contributed by atoms with E-state index in [1.165, 1.54) is 11.8 Å². The Morgan fingerprint density at radius 2 is 2.06 bits per heavy atom. The SMILES string of the molecule is CCOc1cc(C2N(C(=O)CC)c3ccccc3-c3c(=O)[nH]c(SC)n[n+]32)cc(Br)c1OC. The van der Waals surface area contributed by atoms with Gasteiger partial charge in [0.2, 0.25) is 11.1 Å². The molecule has 33 heavy (non-hydrogen) atoms.